The van der Waals surface area contributed by atoms with Crippen LogP contribution in [0.25, 0.3) is 0 Å². The Labute approximate surface area is 121 Å². The quantitative estimate of drug-likeness (QED) is 0.799. The van der Waals surface area contributed by atoms with Gasteiger partial charge in [-0.15, -0.1) is 0 Å². The van der Waals surface area contributed by atoms with Crippen molar-refractivity contribution in [3.05, 3.63) is 35.9 Å². The van der Waals surface area contributed by atoms with Gasteiger partial charge in [0, 0.05) is 33.2 Å². The van der Waals surface area contributed by atoms with E-state index in [0.29, 0.717) is 12.3 Å². The highest BCUT2D eigenvalue weighted by atomic mass is 16.5. The number of hydrogen-bond donors (Lipinski definition) is 0. The Morgan fingerprint density at radius 3 is 2.85 bits per heavy atom. The number of hydrogen-bond acceptors (Lipinski definition) is 2. The standard InChI is InChI=1S/C17H25NO2/c1-18(12-11-15-6-3-2-4-7-15)17(19)10-9-16-8-5-13-20-14-16/h2-4,6-7,16H,5,8-14H2,1H3/t16-/m0/s1. The molecule has 0 N–H and O–H groups in total. The average molecular weight is 275 g/mol. The van der Waals surface area contributed by atoms with E-state index in [1.54, 1.807) is 0 Å². The second-order valence-corrected chi connectivity index (χ2v) is 5.67. The first-order chi connectivity index (χ1) is 9.75. The molecule has 0 aliphatic carbocycles. The van der Waals surface area contributed by atoms with Crippen molar-refractivity contribution in [3.63, 3.8) is 0 Å². The molecule has 1 saturated heterocycles. The molecule has 0 spiro atoms. The first-order valence-corrected chi connectivity index (χ1v) is 7.61. The monoisotopic (exact) mass is 275 g/mol. The lowest BCUT2D eigenvalue weighted by Gasteiger charge is -2.23. The Bertz CT molecular complexity index is 399. The minimum atomic E-state index is 0.256. The van der Waals surface area contributed by atoms with Gasteiger partial charge >= 0.3 is 0 Å². The van der Waals surface area contributed by atoms with Crippen molar-refractivity contribution >= 4 is 5.91 Å². The summed E-state index contributed by atoms with van der Waals surface area (Å²) in [5, 5.41) is 0. The Hall–Kier alpha value is -1.35. The molecule has 110 valence electrons. The molecule has 0 bridgehead atoms. The van der Waals surface area contributed by atoms with Gasteiger partial charge in [0.15, 0.2) is 0 Å². The Balaban J connectivity index is 1.66. The van der Waals surface area contributed by atoms with Gasteiger partial charge in [0.1, 0.15) is 0 Å². The van der Waals surface area contributed by atoms with E-state index in [9.17, 15) is 4.79 Å². The lowest BCUT2D eigenvalue weighted by atomic mass is 9.96. The van der Waals surface area contributed by atoms with E-state index in [1.165, 1.54) is 12.0 Å². The fourth-order valence-electron chi connectivity index (χ4n) is 2.62. The summed E-state index contributed by atoms with van der Waals surface area (Å²) >= 11 is 0. The molecule has 20 heavy (non-hydrogen) atoms. The summed E-state index contributed by atoms with van der Waals surface area (Å²) in [7, 11) is 1.91. The summed E-state index contributed by atoms with van der Waals surface area (Å²) in [5.74, 6) is 0.835. The fraction of sp³-hybridized carbons (Fsp3) is 0.588. The van der Waals surface area contributed by atoms with Crippen LogP contribution >= 0.6 is 0 Å². The van der Waals surface area contributed by atoms with Crippen molar-refractivity contribution in [1.29, 1.82) is 0 Å². The van der Waals surface area contributed by atoms with Crippen LogP contribution < -0.4 is 0 Å². The van der Waals surface area contributed by atoms with Crippen LogP contribution in [0.4, 0.5) is 0 Å². The zero-order valence-corrected chi connectivity index (χ0v) is 12.4. The van der Waals surface area contributed by atoms with Gasteiger partial charge in [-0.25, -0.2) is 0 Å². The van der Waals surface area contributed by atoms with Crippen molar-refractivity contribution in [2.75, 3.05) is 26.8 Å². The van der Waals surface area contributed by atoms with E-state index in [0.717, 1.165) is 39.0 Å². The fourth-order valence-corrected chi connectivity index (χ4v) is 2.62. The normalized spacial score (nSPS) is 18.8. The van der Waals surface area contributed by atoms with E-state index < -0.39 is 0 Å². The van der Waals surface area contributed by atoms with E-state index in [4.69, 9.17) is 4.74 Å². The predicted octanol–water partition coefficient (Wildman–Crippen LogP) is 2.89. The molecule has 1 aliphatic rings. The van der Waals surface area contributed by atoms with Crippen LogP contribution in [0.15, 0.2) is 30.3 Å². The summed E-state index contributed by atoms with van der Waals surface area (Å²) in [6.45, 7) is 2.52. The maximum absolute atomic E-state index is 12.1. The summed E-state index contributed by atoms with van der Waals surface area (Å²) in [6.07, 6.45) is 4.90. The Morgan fingerprint density at radius 1 is 1.35 bits per heavy atom. The average Bonchev–Trinajstić information content (AvgIpc) is 2.52. The zero-order chi connectivity index (χ0) is 14.2. The van der Waals surface area contributed by atoms with Crippen molar-refractivity contribution in [2.45, 2.75) is 32.1 Å². The van der Waals surface area contributed by atoms with Crippen molar-refractivity contribution < 1.29 is 9.53 Å². The number of ether oxygens (including phenoxy) is 1. The first kappa shape index (κ1) is 15.0. The van der Waals surface area contributed by atoms with Crippen molar-refractivity contribution in [1.82, 2.24) is 4.90 Å². The van der Waals surface area contributed by atoms with Crippen molar-refractivity contribution in [3.8, 4) is 0 Å². The number of carbonyl (C=O) groups excluding carboxylic acids is 1. The molecule has 0 unspecified atom stereocenters. The molecule has 3 heteroatoms. The van der Waals surface area contributed by atoms with Crippen LogP contribution in [0, 0.1) is 5.92 Å². The minimum Gasteiger partial charge on any atom is -0.381 e. The number of carbonyl (C=O) groups is 1. The Kier molecular flexibility index (Phi) is 6.06. The van der Waals surface area contributed by atoms with Crippen LogP contribution in [-0.2, 0) is 16.0 Å². The molecule has 0 aromatic heterocycles. The van der Waals surface area contributed by atoms with Crippen LogP contribution in [0.3, 0.4) is 0 Å². The summed E-state index contributed by atoms with van der Waals surface area (Å²) in [5.41, 5.74) is 1.29. The lowest BCUT2D eigenvalue weighted by molar-refractivity contribution is -0.130. The predicted molar refractivity (Wildman–Crippen MR) is 80.6 cm³/mol. The molecule has 3 nitrogen and oxygen atoms in total. The van der Waals surface area contributed by atoms with Gasteiger partial charge in [-0.1, -0.05) is 30.3 Å². The molecule has 1 aliphatic heterocycles. The van der Waals surface area contributed by atoms with Gasteiger partial charge in [0.05, 0.1) is 0 Å². The van der Waals surface area contributed by atoms with Crippen LogP contribution in [0.1, 0.15) is 31.2 Å². The SMILES string of the molecule is CN(CCc1ccccc1)C(=O)CC[C@@H]1CCCOC1. The van der Waals surface area contributed by atoms with Gasteiger partial charge < -0.3 is 9.64 Å². The smallest absolute Gasteiger partial charge is 0.222 e. The first-order valence-electron chi connectivity index (χ1n) is 7.61. The summed E-state index contributed by atoms with van der Waals surface area (Å²) in [6, 6.07) is 10.3. The summed E-state index contributed by atoms with van der Waals surface area (Å²) < 4.78 is 5.46. The number of nitrogens with zero attached hydrogens (tertiary/aromatic N) is 1. The highest BCUT2D eigenvalue weighted by Gasteiger charge is 2.16. The third-order valence-corrected chi connectivity index (χ3v) is 4.03. The highest BCUT2D eigenvalue weighted by molar-refractivity contribution is 5.75. The molecule has 1 fully saturated rings. The van der Waals surface area contributed by atoms with Gasteiger partial charge in [-0.3, -0.25) is 4.79 Å². The van der Waals surface area contributed by atoms with Crippen LogP contribution in [-0.4, -0.2) is 37.6 Å². The van der Waals surface area contributed by atoms with Crippen molar-refractivity contribution in [2.24, 2.45) is 5.92 Å². The largest absolute Gasteiger partial charge is 0.381 e. The molecule has 0 radical (unpaired) electrons. The number of rotatable bonds is 6. The van der Waals surface area contributed by atoms with Gasteiger partial charge in [0.2, 0.25) is 5.91 Å². The number of likely N-dealkylation sites (N-methyl/N-ethyl adjacent to an activating group) is 1. The van der Waals surface area contributed by atoms with Gasteiger partial charge in [-0.2, -0.15) is 0 Å². The second-order valence-electron chi connectivity index (χ2n) is 5.67. The minimum absolute atomic E-state index is 0.256. The molecule has 1 aromatic rings. The van der Waals surface area contributed by atoms with E-state index in [-0.39, 0.29) is 5.91 Å². The Morgan fingerprint density at radius 2 is 2.15 bits per heavy atom. The molecule has 2 rings (SSSR count). The maximum atomic E-state index is 12.1. The molecular formula is C17H25NO2. The van der Waals surface area contributed by atoms with Gasteiger partial charge in [-0.05, 0) is 37.2 Å². The number of amides is 1. The molecule has 1 aromatic carbocycles. The second kappa shape index (κ2) is 8.05. The van der Waals surface area contributed by atoms with E-state index in [1.807, 2.05) is 30.1 Å². The zero-order valence-electron chi connectivity index (χ0n) is 12.4. The molecular weight excluding hydrogens is 250 g/mol. The highest BCUT2D eigenvalue weighted by Crippen LogP contribution is 2.19. The molecule has 0 saturated carbocycles. The van der Waals surface area contributed by atoms with E-state index in [2.05, 4.69) is 12.1 Å². The molecule has 1 amide bonds. The van der Waals surface area contributed by atoms with Crippen LogP contribution in [0.2, 0.25) is 0 Å². The molecule has 1 heterocycles. The molecule has 1 atom stereocenters. The van der Waals surface area contributed by atoms with Gasteiger partial charge in [0.25, 0.3) is 0 Å². The third kappa shape index (κ3) is 4.97. The maximum Gasteiger partial charge on any atom is 0.222 e. The summed E-state index contributed by atoms with van der Waals surface area (Å²) in [4.78, 5) is 13.9. The third-order valence-electron chi connectivity index (χ3n) is 4.03. The van der Waals surface area contributed by atoms with E-state index >= 15 is 0 Å². The van der Waals surface area contributed by atoms with Crippen LogP contribution in [0.5, 0.6) is 0 Å². The lowest BCUT2D eigenvalue weighted by Crippen LogP contribution is -2.29. The topological polar surface area (TPSA) is 29.5 Å². The number of benzene rings is 1.